The fraction of sp³-hybridized carbons (Fsp3) is 0.562. The third-order valence-electron chi connectivity index (χ3n) is 4.52. The van der Waals surface area contributed by atoms with Crippen molar-refractivity contribution >= 4 is 22.6 Å². The molecule has 3 nitrogen and oxygen atoms in total. The maximum atomic E-state index is 6.14. The molecule has 1 fully saturated rings. The molecule has 1 saturated carbocycles. The van der Waals surface area contributed by atoms with Crippen molar-refractivity contribution in [1.82, 2.24) is 9.55 Å². The molecule has 108 valence electrons. The predicted molar refractivity (Wildman–Crippen MR) is 82.6 cm³/mol. The summed E-state index contributed by atoms with van der Waals surface area (Å²) in [5, 5.41) is 0. The molecule has 20 heavy (non-hydrogen) atoms. The molecule has 1 aromatic carbocycles. The second-order valence-corrected chi connectivity index (χ2v) is 6.18. The van der Waals surface area contributed by atoms with Gasteiger partial charge in [0.25, 0.3) is 0 Å². The number of nitrogens with zero attached hydrogens (tertiary/aromatic N) is 2. The zero-order valence-electron chi connectivity index (χ0n) is 12.2. The number of fused-ring (bicyclic) bond motifs is 1. The maximum Gasteiger partial charge on any atom is 0.125 e. The highest BCUT2D eigenvalue weighted by molar-refractivity contribution is 6.16. The van der Waals surface area contributed by atoms with Crippen LogP contribution in [0.25, 0.3) is 11.0 Å². The summed E-state index contributed by atoms with van der Waals surface area (Å²) in [6.45, 7) is 2.34. The quantitative estimate of drug-likeness (QED) is 0.781. The van der Waals surface area contributed by atoms with Crippen molar-refractivity contribution in [3.63, 3.8) is 0 Å². The van der Waals surface area contributed by atoms with E-state index in [0.29, 0.717) is 5.88 Å². The summed E-state index contributed by atoms with van der Waals surface area (Å²) in [4.78, 5) is 4.70. The molecule has 0 radical (unpaired) electrons. The van der Waals surface area contributed by atoms with Gasteiger partial charge in [-0.2, -0.15) is 0 Å². The highest BCUT2D eigenvalue weighted by atomic mass is 35.5. The molecular weight excluding hydrogens is 272 g/mol. The van der Waals surface area contributed by atoms with E-state index in [1.54, 1.807) is 7.11 Å². The first-order chi connectivity index (χ1) is 9.68. The van der Waals surface area contributed by atoms with Gasteiger partial charge < -0.3 is 9.30 Å². The Labute approximate surface area is 124 Å². The number of alkyl halides is 1. The van der Waals surface area contributed by atoms with Gasteiger partial charge in [0, 0.05) is 11.6 Å². The first-order valence-electron chi connectivity index (χ1n) is 7.30. The van der Waals surface area contributed by atoms with E-state index in [2.05, 4.69) is 17.6 Å². The second-order valence-electron chi connectivity index (χ2n) is 5.91. The molecular formula is C16H21ClN2O. The van der Waals surface area contributed by atoms with E-state index in [4.69, 9.17) is 21.3 Å². The Kier molecular flexibility index (Phi) is 3.63. The zero-order chi connectivity index (χ0) is 14.2. The number of halogens is 1. The molecule has 0 spiro atoms. The molecule has 1 aliphatic carbocycles. The number of imidazole rings is 1. The van der Waals surface area contributed by atoms with Crippen molar-refractivity contribution in [2.45, 2.75) is 50.4 Å². The van der Waals surface area contributed by atoms with E-state index in [1.807, 2.05) is 12.1 Å². The Bertz CT molecular complexity index is 614. The highest BCUT2D eigenvalue weighted by Gasteiger charge is 2.32. The third kappa shape index (κ3) is 2.18. The lowest BCUT2D eigenvalue weighted by atomic mass is 9.83. The van der Waals surface area contributed by atoms with Crippen LogP contribution < -0.4 is 4.74 Å². The number of rotatable bonds is 3. The Balaban J connectivity index is 2.20. The zero-order valence-corrected chi connectivity index (χ0v) is 12.9. The number of hydrogen-bond donors (Lipinski definition) is 0. The Hall–Kier alpha value is -1.22. The van der Waals surface area contributed by atoms with Crippen LogP contribution in [0.15, 0.2) is 18.2 Å². The molecule has 3 rings (SSSR count). The minimum Gasteiger partial charge on any atom is -0.497 e. The second kappa shape index (κ2) is 5.28. The summed E-state index contributed by atoms with van der Waals surface area (Å²) in [6, 6.07) is 6.06. The van der Waals surface area contributed by atoms with Crippen molar-refractivity contribution in [2.24, 2.45) is 0 Å². The third-order valence-corrected chi connectivity index (χ3v) is 4.76. The normalized spacial score (nSPS) is 18.4. The van der Waals surface area contributed by atoms with Gasteiger partial charge in [0.1, 0.15) is 11.6 Å². The number of aromatic nitrogens is 2. The van der Waals surface area contributed by atoms with Crippen LogP contribution in [0.4, 0.5) is 0 Å². The van der Waals surface area contributed by atoms with Crippen LogP contribution in [0.2, 0.25) is 0 Å². The minimum atomic E-state index is 0.129. The standard InChI is InChI=1S/C16H21ClN2O/c1-16(8-4-3-5-9-16)19-14-10-12(20-2)6-7-13(14)18-15(19)11-17/h6-7,10H,3-5,8-9,11H2,1-2H3. The van der Waals surface area contributed by atoms with Gasteiger partial charge in [0.15, 0.2) is 0 Å². The average Bonchev–Trinajstić information content (AvgIpc) is 2.86. The Morgan fingerprint density at radius 2 is 2.05 bits per heavy atom. The topological polar surface area (TPSA) is 27.1 Å². The van der Waals surface area contributed by atoms with Crippen molar-refractivity contribution in [3.8, 4) is 5.75 Å². The van der Waals surface area contributed by atoms with Crippen molar-refractivity contribution in [2.75, 3.05) is 7.11 Å². The van der Waals surface area contributed by atoms with Crippen molar-refractivity contribution in [1.29, 1.82) is 0 Å². The van der Waals surface area contributed by atoms with E-state index >= 15 is 0 Å². The first-order valence-corrected chi connectivity index (χ1v) is 7.83. The minimum absolute atomic E-state index is 0.129. The molecule has 0 aliphatic heterocycles. The van der Waals surface area contributed by atoms with Crippen molar-refractivity contribution in [3.05, 3.63) is 24.0 Å². The number of hydrogen-bond acceptors (Lipinski definition) is 2. The maximum absolute atomic E-state index is 6.14. The van der Waals surface area contributed by atoms with E-state index in [1.165, 1.54) is 32.1 Å². The van der Waals surface area contributed by atoms with Crippen LogP contribution >= 0.6 is 11.6 Å². The highest BCUT2D eigenvalue weighted by Crippen LogP contribution is 2.38. The van der Waals surface area contributed by atoms with E-state index in [9.17, 15) is 0 Å². The molecule has 1 aromatic heterocycles. The fourth-order valence-electron chi connectivity index (χ4n) is 3.46. The fourth-order valence-corrected chi connectivity index (χ4v) is 3.64. The average molecular weight is 293 g/mol. The molecule has 0 amide bonds. The molecule has 0 atom stereocenters. The van der Waals surface area contributed by atoms with Crippen LogP contribution in [0.3, 0.4) is 0 Å². The Morgan fingerprint density at radius 1 is 1.30 bits per heavy atom. The van der Waals surface area contributed by atoms with E-state index < -0.39 is 0 Å². The van der Waals surface area contributed by atoms with Gasteiger partial charge in [-0.05, 0) is 31.9 Å². The molecule has 0 bridgehead atoms. The molecule has 0 N–H and O–H groups in total. The first kappa shape index (κ1) is 13.7. The predicted octanol–water partition coefficient (Wildman–Crippen LogP) is 4.46. The summed E-state index contributed by atoms with van der Waals surface area (Å²) in [7, 11) is 1.70. The molecule has 1 heterocycles. The SMILES string of the molecule is COc1ccc2nc(CCl)n(C3(C)CCCCC3)c2c1. The summed E-state index contributed by atoms with van der Waals surface area (Å²) in [5.74, 6) is 2.30. The monoisotopic (exact) mass is 292 g/mol. The molecule has 4 heteroatoms. The van der Waals surface area contributed by atoms with Crippen LogP contribution in [0, 0.1) is 0 Å². The van der Waals surface area contributed by atoms with Crippen LogP contribution in [0.5, 0.6) is 5.75 Å². The summed E-state index contributed by atoms with van der Waals surface area (Å²) < 4.78 is 7.72. The van der Waals surface area contributed by atoms with E-state index in [0.717, 1.165) is 22.6 Å². The van der Waals surface area contributed by atoms with Gasteiger partial charge in [-0.15, -0.1) is 11.6 Å². The lowest BCUT2D eigenvalue weighted by Gasteiger charge is -2.36. The van der Waals surface area contributed by atoms with Gasteiger partial charge in [-0.3, -0.25) is 0 Å². The van der Waals surface area contributed by atoms with Gasteiger partial charge in [-0.1, -0.05) is 19.3 Å². The van der Waals surface area contributed by atoms with Crippen LogP contribution in [-0.4, -0.2) is 16.7 Å². The Morgan fingerprint density at radius 3 is 2.70 bits per heavy atom. The number of benzene rings is 1. The van der Waals surface area contributed by atoms with Gasteiger partial charge in [0.2, 0.25) is 0 Å². The lowest BCUT2D eigenvalue weighted by Crippen LogP contribution is -2.33. The smallest absolute Gasteiger partial charge is 0.125 e. The van der Waals surface area contributed by atoms with Crippen LogP contribution in [0.1, 0.15) is 44.9 Å². The molecule has 0 unspecified atom stereocenters. The van der Waals surface area contributed by atoms with Gasteiger partial charge >= 0.3 is 0 Å². The van der Waals surface area contributed by atoms with Gasteiger partial charge in [-0.25, -0.2) is 4.98 Å². The molecule has 2 aromatic rings. The van der Waals surface area contributed by atoms with Crippen LogP contribution in [-0.2, 0) is 11.4 Å². The van der Waals surface area contributed by atoms with Gasteiger partial charge in [0.05, 0.1) is 24.0 Å². The summed E-state index contributed by atoms with van der Waals surface area (Å²) >= 11 is 6.14. The lowest BCUT2D eigenvalue weighted by molar-refractivity contribution is 0.220. The molecule has 0 saturated heterocycles. The number of methoxy groups -OCH3 is 1. The number of ether oxygens (including phenoxy) is 1. The summed E-state index contributed by atoms with van der Waals surface area (Å²) in [5.41, 5.74) is 2.28. The van der Waals surface area contributed by atoms with Crippen molar-refractivity contribution < 1.29 is 4.74 Å². The summed E-state index contributed by atoms with van der Waals surface area (Å²) in [6.07, 6.45) is 6.28. The largest absolute Gasteiger partial charge is 0.497 e. The van der Waals surface area contributed by atoms with E-state index in [-0.39, 0.29) is 5.54 Å². The molecule has 1 aliphatic rings.